The summed E-state index contributed by atoms with van der Waals surface area (Å²) in [6, 6.07) is 11.3. The zero-order valence-electron chi connectivity index (χ0n) is 15.7. The number of nitrogens with zero attached hydrogens (tertiary/aromatic N) is 2. The number of rotatable bonds is 8. The number of carbonyl (C=O) groups excluding carboxylic acids is 2. The summed E-state index contributed by atoms with van der Waals surface area (Å²) >= 11 is 1.77. The third-order valence-corrected chi connectivity index (χ3v) is 5.60. The monoisotopic (exact) mass is 386 g/mol. The zero-order chi connectivity index (χ0) is 19.1. The quantitative estimate of drug-likeness (QED) is 0.652. The molecule has 6 heteroatoms. The van der Waals surface area contributed by atoms with Crippen LogP contribution in [0.15, 0.2) is 41.8 Å². The summed E-state index contributed by atoms with van der Waals surface area (Å²) in [5.41, 5.74) is 0.632. The van der Waals surface area contributed by atoms with E-state index < -0.39 is 0 Å². The second-order valence-corrected chi connectivity index (χ2v) is 7.65. The highest BCUT2D eigenvalue weighted by Gasteiger charge is 2.21. The summed E-state index contributed by atoms with van der Waals surface area (Å²) in [5, 5.41) is 2.09. The second kappa shape index (κ2) is 9.67. The van der Waals surface area contributed by atoms with Crippen molar-refractivity contribution in [1.29, 1.82) is 0 Å². The molecular formula is C21H26N2O3S. The first kappa shape index (κ1) is 19.6. The minimum atomic E-state index is 0.00253. The van der Waals surface area contributed by atoms with Gasteiger partial charge in [-0.3, -0.25) is 14.5 Å². The predicted molar refractivity (Wildman–Crippen MR) is 107 cm³/mol. The van der Waals surface area contributed by atoms with Gasteiger partial charge in [0.25, 0.3) is 0 Å². The van der Waals surface area contributed by atoms with Crippen LogP contribution in [0.4, 0.5) is 0 Å². The largest absolute Gasteiger partial charge is 0.494 e. The number of ether oxygens (including phenoxy) is 1. The fourth-order valence-electron chi connectivity index (χ4n) is 3.20. The molecule has 2 aromatic rings. The lowest BCUT2D eigenvalue weighted by Crippen LogP contribution is -2.48. The third-order valence-electron chi connectivity index (χ3n) is 4.74. The summed E-state index contributed by atoms with van der Waals surface area (Å²) in [7, 11) is 0. The van der Waals surface area contributed by atoms with Gasteiger partial charge in [-0.25, -0.2) is 0 Å². The Kier molecular flexibility index (Phi) is 7.01. The Hall–Kier alpha value is -2.18. The van der Waals surface area contributed by atoms with E-state index in [1.807, 2.05) is 11.8 Å². The molecule has 0 saturated carbocycles. The highest BCUT2D eigenvalue weighted by atomic mass is 32.1. The molecule has 3 rings (SSSR count). The first-order chi connectivity index (χ1) is 13.2. The molecule has 1 aliphatic heterocycles. The maximum Gasteiger partial charge on any atom is 0.223 e. The van der Waals surface area contributed by atoms with E-state index in [2.05, 4.69) is 22.4 Å². The molecule has 1 saturated heterocycles. The van der Waals surface area contributed by atoms with Crippen molar-refractivity contribution in [3.8, 4) is 5.75 Å². The molecule has 1 amide bonds. The van der Waals surface area contributed by atoms with Crippen LogP contribution in [0.1, 0.15) is 35.0 Å². The van der Waals surface area contributed by atoms with Gasteiger partial charge in [0.15, 0.2) is 5.78 Å². The molecule has 0 spiro atoms. The summed E-state index contributed by atoms with van der Waals surface area (Å²) in [6.07, 6.45) is 0.527. The fraction of sp³-hybridized carbons (Fsp3) is 0.429. The van der Waals surface area contributed by atoms with Gasteiger partial charge in [-0.05, 0) is 42.6 Å². The first-order valence-corrected chi connectivity index (χ1v) is 10.3. The number of carbonyl (C=O) groups is 2. The van der Waals surface area contributed by atoms with Crippen LogP contribution in [0.25, 0.3) is 0 Å². The van der Waals surface area contributed by atoms with Crippen LogP contribution in [-0.4, -0.2) is 54.3 Å². The number of hydrogen-bond donors (Lipinski definition) is 0. The number of ketones is 1. The minimum Gasteiger partial charge on any atom is -0.494 e. The first-order valence-electron chi connectivity index (χ1n) is 9.44. The van der Waals surface area contributed by atoms with E-state index in [0.717, 1.165) is 38.5 Å². The molecule has 2 heterocycles. The van der Waals surface area contributed by atoms with E-state index in [-0.39, 0.29) is 24.5 Å². The molecule has 1 aliphatic rings. The van der Waals surface area contributed by atoms with Gasteiger partial charge in [-0.1, -0.05) is 6.07 Å². The molecule has 0 bridgehead atoms. The van der Waals surface area contributed by atoms with Crippen molar-refractivity contribution in [2.24, 2.45) is 0 Å². The Morgan fingerprint density at radius 1 is 1.04 bits per heavy atom. The van der Waals surface area contributed by atoms with Crippen LogP contribution in [0.3, 0.4) is 0 Å². The normalized spacial score (nSPS) is 14.9. The Bertz CT molecular complexity index is 735. The van der Waals surface area contributed by atoms with Crippen molar-refractivity contribution in [2.75, 3.05) is 32.8 Å². The van der Waals surface area contributed by atoms with Gasteiger partial charge in [-0.2, -0.15) is 0 Å². The molecule has 1 aromatic carbocycles. The molecule has 144 valence electrons. The number of Topliss-reactive ketones (excluding diaryl/α,β-unsaturated/α-hetero) is 1. The maximum atomic E-state index is 12.4. The molecule has 0 N–H and O–H groups in total. The highest BCUT2D eigenvalue weighted by Crippen LogP contribution is 2.16. The Labute approximate surface area is 164 Å². The average molecular weight is 387 g/mol. The van der Waals surface area contributed by atoms with E-state index in [1.165, 1.54) is 4.88 Å². The summed E-state index contributed by atoms with van der Waals surface area (Å²) < 4.78 is 5.38. The van der Waals surface area contributed by atoms with Crippen LogP contribution >= 0.6 is 11.3 Å². The third kappa shape index (κ3) is 5.65. The Balaban J connectivity index is 1.41. The molecule has 1 fully saturated rings. The summed E-state index contributed by atoms with van der Waals surface area (Å²) in [5.74, 6) is 0.832. The van der Waals surface area contributed by atoms with Crippen LogP contribution in [0.2, 0.25) is 0 Å². The van der Waals surface area contributed by atoms with Gasteiger partial charge in [0.1, 0.15) is 5.75 Å². The lowest BCUT2D eigenvalue weighted by molar-refractivity contribution is -0.132. The maximum absolute atomic E-state index is 12.4. The van der Waals surface area contributed by atoms with Crippen LogP contribution in [-0.2, 0) is 11.3 Å². The average Bonchev–Trinajstić information content (AvgIpc) is 3.20. The van der Waals surface area contributed by atoms with Crippen LogP contribution in [0, 0.1) is 0 Å². The van der Waals surface area contributed by atoms with Gasteiger partial charge in [0, 0.05) is 56.0 Å². The van der Waals surface area contributed by atoms with Crippen LogP contribution in [0.5, 0.6) is 5.75 Å². The van der Waals surface area contributed by atoms with Gasteiger partial charge in [-0.15, -0.1) is 11.3 Å². The van der Waals surface area contributed by atoms with Crippen molar-refractivity contribution in [3.63, 3.8) is 0 Å². The van der Waals surface area contributed by atoms with Crippen LogP contribution < -0.4 is 4.74 Å². The van der Waals surface area contributed by atoms with Gasteiger partial charge in [0.05, 0.1) is 6.61 Å². The SMILES string of the molecule is CCOc1ccc(C(=O)CCC(=O)N2CCN(Cc3cccs3)CC2)cc1. The van der Waals surface area contributed by atoms with Crippen molar-refractivity contribution in [1.82, 2.24) is 9.80 Å². The number of piperazine rings is 1. The Morgan fingerprint density at radius 3 is 2.41 bits per heavy atom. The van der Waals surface area contributed by atoms with E-state index >= 15 is 0 Å². The smallest absolute Gasteiger partial charge is 0.223 e. The standard InChI is InChI=1S/C21H26N2O3S/c1-2-26-18-7-5-17(6-8-18)20(24)9-10-21(25)23-13-11-22(12-14-23)16-19-4-3-15-27-19/h3-8,15H,2,9-14,16H2,1H3. The topological polar surface area (TPSA) is 49.9 Å². The van der Waals surface area contributed by atoms with Crippen molar-refractivity contribution in [3.05, 3.63) is 52.2 Å². The molecule has 0 unspecified atom stereocenters. The lowest BCUT2D eigenvalue weighted by atomic mass is 10.1. The predicted octanol–water partition coefficient (Wildman–Crippen LogP) is 3.45. The van der Waals surface area contributed by atoms with E-state index in [4.69, 9.17) is 4.74 Å². The van der Waals surface area contributed by atoms with E-state index in [9.17, 15) is 9.59 Å². The molecule has 0 aliphatic carbocycles. The number of amides is 1. The molecule has 0 atom stereocenters. The Morgan fingerprint density at radius 2 is 1.78 bits per heavy atom. The zero-order valence-corrected chi connectivity index (χ0v) is 16.5. The number of hydrogen-bond acceptors (Lipinski definition) is 5. The highest BCUT2D eigenvalue weighted by molar-refractivity contribution is 7.09. The van der Waals surface area contributed by atoms with Gasteiger partial charge < -0.3 is 9.64 Å². The minimum absolute atomic E-state index is 0.00253. The van der Waals surface area contributed by atoms with Gasteiger partial charge >= 0.3 is 0 Å². The van der Waals surface area contributed by atoms with Crippen molar-refractivity contribution in [2.45, 2.75) is 26.3 Å². The fourth-order valence-corrected chi connectivity index (χ4v) is 3.95. The molecule has 27 heavy (non-hydrogen) atoms. The molecule has 0 radical (unpaired) electrons. The molecular weight excluding hydrogens is 360 g/mol. The van der Waals surface area contributed by atoms with Crippen molar-refractivity contribution < 1.29 is 14.3 Å². The number of thiophene rings is 1. The second-order valence-electron chi connectivity index (χ2n) is 6.62. The van der Waals surface area contributed by atoms with Crippen molar-refractivity contribution >= 4 is 23.0 Å². The number of benzene rings is 1. The molecule has 5 nitrogen and oxygen atoms in total. The lowest BCUT2D eigenvalue weighted by Gasteiger charge is -2.34. The molecule has 1 aromatic heterocycles. The van der Waals surface area contributed by atoms with Gasteiger partial charge in [0.2, 0.25) is 5.91 Å². The van der Waals surface area contributed by atoms with E-state index in [1.54, 1.807) is 35.6 Å². The van der Waals surface area contributed by atoms with E-state index in [0.29, 0.717) is 12.2 Å². The summed E-state index contributed by atoms with van der Waals surface area (Å²) in [4.78, 5) is 30.4. The summed E-state index contributed by atoms with van der Waals surface area (Å²) in [6.45, 7) is 6.72.